The number of hydrogen-bond acceptors (Lipinski definition) is 4. The zero-order chi connectivity index (χ0) is 15.4. The third kappa shape index (κ3) is 2.17. The second-order valence-electron chi connectivity index (χ2n) is 7.43. The summed E-state index contributed by atoms with van der Waals surface area (Å²) in [6.07, 6.45) is 2.83. The van der Waals surface area contributed by atoms with E-state index in [0.29, 0.717) is 29.8 Å². The molecule has 2 bridgehead atoms. The number of carbonyl (C=O) groups is 1. The van der Waals surface area contributed by atoms with Gasteiger partial charge in [-0.25, -0.2) is 4.79 Å². The molecular formula is C16H25BO4. The molecule has 0 unspecified atom stereocenters. The standard InChI is InChI=1S/C16H25BO4/c1-6-19-14(18)10(2)9-17-20-13-8-11-7-12(15(11,3)4)16(13,5)21-17/h11-13H,2,6-9H2,1,3-5H3/t11-,12-,13+,16-/m0/s1. The monoisotopic (exact) mass is 292 g/mol. The van der Waals surface area contributed by atoms with Crippen molar-refractivity contribution in [2.24, 2.45) is 17.3 Å². The van der Waals surface area contributed by atoms with Gasteiger partial charge in [-0.3, -0.25) is 0 Å². The van der Waals surface area contributed by atoms with Crippen LogP contribution in [0.3, 0.4) is 0 Å². The first-order chi connectivity index (χ1) is 9.79. The van der Waals surface area contributed by atoms with Gasteiger partial charge in [-0.05, 0) is 43.9 Å². The van der Waals surface area contributed by atoms with E-state index in [0.717, 1.165) is 12.3 Å². The lowest BCUT2D eigenvalue weighted by atomic mass is 9.43. The van der Waals surface area contributed by atoms with Crippen molar-refractivity contribution in [1.82, 2.24) is 0 Å². The highest BCUT2D eigenvalue weighted by molar-refractivity contribution is 6.47. The zero-order valence-electron chi connectivity index (χ0n) is 13.5. The molecular weight excluding hydrogens is 267 g/mol. The van der Waals surface area contributed by atoms with Crippen LogP contribution in [0.4, 0.5) is 0 Å². The lowest BCUT2D eigenvalue weighted by molar-refractivity contribution is -0.199. The van der Waals surface area contributed by atoms with Crippen molar-refractivity contribution in [2.75, 3.05) is 6.61 Å². The Labute approximate surface area is 127 Å². The lowest BCUT2D eigenvalue weighted by Crippen LogP contribution is -2.65. The number of rotatable bonds is 4. The second kappa shape index (κ2) is 4.85. The normalized spacial score (nSPS) is 39.4. The van der Waals surface area contributed by atoms with Crippen molar-refractivity contribution in [1.29, 1.82) is 0 Å². The first-order valence-electron chi connectivity index (χ1n) is 7.97. The molecule has 3 aliphatic carbocycles. The van der Waals surface area contributed by atoms with Gasteiger partial charge >= 0.3 is 13.1 Å². The average molecular weight is 292 g/mol. The number of esters is 1. The number of carbonyl (C=O) groups excluding carboxylic acids is 1. The summed E-state index contributed by atoms with van der Waals surface area (Å²) >= 11 is 0. The summed E-state index contributed by atoms with van der Waals surface area (Å²) in [7, 11) is -0.368. The summed E-state index contributed by atoms with van der Waals surface area (Å²) in [4.78, 5) is 11.7. The molecule has 1 heterocycles. The molecule has 0 N–H and O–H groups in total. The summed E-state index contributed by atoms with van der Waals surface area (Å²) < 4.78 is 17.3. The van der Waals surface area contributed by atoms with Gasteiger partial charge < -0.3 is 14.0 Å². The molecule has 0 aromatic carbocycles. The molecule has 4 fully saturated rings. The highest BCUT2D eigenvalue weighted by Gasteiger charge is 2.67. The third-order valence-electron chi connectivity index (χ3n) is 5.98. The summed E-state index contributed by atoms with van der Waals surface area (Å²) in [5.41, 5.74) is 0.537. The predicted octanol–water partition coefficient (Wildman–Crippen LogP) is 2.83. The van der Waals surface area contributed by atoms with E-state index in [2.05, 4.69) is 27.4 Å². The van der Waals surface area contributed by atoms with Gasteiger partial charge in [-0.2, -0.15) is 0 Å². The Balaban J connectivity index is 1.66. The fraction of sp³-hybridized carbons (Fsp3) is 0.812. The minimum absolute atomic E-state index is 0.147. The first-order valence-corrected chi connectivity index (χ1v) is 7.97. The van der Waals surface area contributed by atoms with Crippen LogP contribution in [0.5, 0.6) is 0 Å². The topological polar surface area (TPSA) is 44.8 Å². The van der Waals surface area contributed by atoms with Gasteiger partial charge in [0.15, 0.2) is 0 Å². The van der Waals surface area contributed by atoms with E-state index >= 15 is 0 Å². The Hall–Kier alpha value is -0.805. The number of ether oxygens (including phenoxy) is 1. The first kappa shape index (κ1) is 15.1. The van der Waals surface area contributed by atoms with Crippen LogP contribution >= 0.6 is 0 Å². The largest absolute Gasteiger partial charge is 0.463 e. The number of hydrogen-bond donors (Lipinski definition) is 0. The van der Waals surface area contributed by atoms with Crippen molar-refractivity contribution in [3.63, 3.8) is 0 Å². The quantitative estimate of drug-likeness (QED) is 0.454. The van der Waals surface area contributed by atoms with Crippen molar-refractivity contribution in [3.8, 4) is 0 Å². The maximum absolute atomic E-state index is 11.7. The Bertz CT molecular complexity index is 475. The van der Waals surface area contributed by atoms with Crippen molar-refractivity contribution >= 4 is 13.1 Å². The average Bonchev–Trinajstić information content (AvgIpc) is 2.73. The van der Waals surface area contributed by atoms with Gasteiger partial charge in [0, 0.05) is 11.9 Å². The van der Waals surface area contributed by atoms with E-state index in [1.807, 2.05) is 0 Å². The molecule has 4 nitrogen and oxygen atoms in total. The Morgan fingerprint density at radius 1 is 1.38 bits per heavy atom. The van der Waals surface area contributed by atoms with E-state index in [-0.39, 0.29) is 24.8 Å². The van der Waals surface area contributed by atoms with Crippen LogP contribution in [-0.2, 0) is 18.8 Å². The summed E-state index contributed by atoms with van der Waals surface area (Å²) in [5.74, 6) is 0.917. The van der Waals surface area contributed by atoms with Crippen LogP contribution < -0.4 is 0 Å². The van der Waals surface area contributed by atoms with Crippen molar-refractivity contribution in [3.05, 3.63) is 12.2 Å². The molecule has 4 rings (SSSR count). The highest BCUT2D eigenvalue weighted by atomic mass is 16.7. The van der Waals surface area contributed by atoms with Crippen LogP contribution in [0, 0.1) is 17.3 Å². The molecule has 0 aromatic rings. The Morgan fingerprint density at radius 3 is 2.71 bits per heavy atom. The predicted molar refractivity (Wildman–Crippen MR) is 80.7 cm³/mol. The smallest absolute Gasteiger partial charge is 0.462 e. The van der Waals surface area contributed by atoms with Crippen LogP contribution in [0.15, 0.2) is 12.2 Å². The minimum atomic E-state index is -0.368. The summed E-state index contributed by atoms with van der Waals surface area (Å²) in [6.45, 7) is 12.8. The van der Waals surface area contributed by atoms with Gasteiger partial charge in [-0.1, -0.05) is 20.4 Å². The van der Waals surface area contributed by atoms with E-state index in [4.69, 9.17) is 14.0 Å². The van der Waals surface area contributed by atoms with Crippen molar-refractivity contribution < 1.29 is 18.8 Å². The van der Waals surface area contributed by atoms with Crippen LogP contribution in [-0.4, -0.2) is 31.4 Å². The maximum atomic E-state index is 11.7. The highest BCUT2D eigenvalue weighted by Crippen LogP contribution is 2.65. The third-order valence-corrected chi connectivity index (χ3v) is 5.98. The van der Waals surface area contributed by atoms with Gasteiger partial charge in [0.1, 0.15) is 0 Å². The molecule has 0 radical (unpaired) electrons. The van der Waals surface area contributed by atoms with E-state index < -0.39 is 0 Å². The maximum Gasteiger partial charge on any atom is 0.462 e. The van der Waals surface area contributed by atoms with E-state index in [1.165, 1.54) is 6.42 Å². The molecule has 5 heteroatoms. The van der Waals surface area contributed by atoms with E-state index in [9.17, 15) is 4.79 Å². The van der Waals surface area contributed by atoms with Crippen molar-refractivity contribution in [2.45, 2.75) is 58.6 Å². The molecule has 0 aromatic heterocycles. The molecule has 21 heavy (non-hydrogen) atoms. The zero-order valence-corrected chi connectivity index (χ0v) is 13.5. The van der Waals surface area contributed by atoms with Gasteiger partial charge in [0.2, 0.25) is 0 Å². The van der Waals surface area contributed by atoms with Crippen LogP contribution in [0.1, 0.15) is 40.5 Å². The Morgan fingerprint density at radius 2 is 2.10 bits per heavy atom. The summed E-state index contributed by atoms with van der Waals surface area (Å²) in [5, 5.41) is 0. The second-order valence-corrected chi connectivity index (χ2v) is 7.43. The fourth-order valence-corrected chi connectivity index (χ4v) is 4.56. The van der Waals surface area contributed by atoms with Gasteiger partial charge in [-0.15, -0.1) is 0 Å². The molecule has 1 saturated heterocycles. The summed E-state index contributed by atoms with van der Waals surface area (Å²) in [6, 6.07) is 0. The molecule has 0 amide bonds. The Kier molecular flexibility index (Phi) is 3.49. The minimum Gasteiger partial charge on any atom is -0.463 e. The molecule has 0 spiro atoms. The molecule has 3 saturated carbocycles. The molecule has 4 aliphatic rings. The van der Waals surface area contributed by atoms with Crippen LogP contribution in [0.25, 0.3) is 0 Å². The van der Waals surface area contributed by atoms with E-state index in [1.54, 1.807) is 6.92 Å². The lowest BCUT2D eigenvalue weighted by Gasteiger charge is -2.64. The van der Waals surface area contributed by atoms with Gasteiger partial charge in [0.25, 0.3) is 0 Å². The van der Waals surface area contributed by atoms with Crippen LogP contribution in [0.2, 0.25) is 6.32 Å². The molecule has 4 atom stereocenters. The fourth-order valence-electron chi connectivity index (χ4n) is 4.56. The SMILES string of the molecule is C=C(CB1O[C@@H]2C[C@@H]3C[C@@H](C3(C)C)[C@]2(C)O1)C(=O)OCC. The molecule has 1 aliphatic heterocycles. The molecule has 116 valence electrons. The van der Waals surface area contributed by atoms with Gasteiger partial charge in [0.05, 0.1) is 18.3 Å².